The van der Waals surface area contributed by atoms with Crippen LogP contribution in [0.4, 0.5) is 0 Å². The van der Waals surface area contributed by atoms with Crippen LogP contribution in [0.15, 0.2) is 16.7 Å². The van der Waals surface area contributed by atoms with Crippen LogP contribution in [-0.4, -0.2) is 24.0 Å². The minimum atomic E-state index is -0.793. The summed E-state index contributed by atoms with van der Waals surface area (Å²) in [6, 6.07) is 1.76. The van der Waals surface area contributed by atoms with Crippen LogP contribution in [0.25, 0.3) is 0 Å². The Bertz CT molecular complexity index is 474. The Hall–Kier alpha value is -1.78. The highest BCUT2D eigenvalue weighted by atomic mass is 16.5. The van der Waals surface area contributed by atoms with E-state index in [1.54, 1.807) is 19.9 Å². The molecule has 1 N–H and O–H groups in total. The molecule has 2 rings (SSSR count). The van der Waals surface area contributed by atoms with Crippen molar-refractivity contribution in [2.24, 2.45) is 0 Å². The van der Waals surface area contributed by atoms with Gasteiger partial charge in [-0.3, -0.25) is 4.79 Å². The lowest BCUT2D eigenvalue weighted by molar-refractivity contribution is -0.130. The van der Waals surface area contributed by atoms with Crippen molar-refractivity contribution in [2.75, 3.05) is 0 Å². The van der Waals surface area contributed by atoms with Crippen LogP contribution in [0.3, 0.4) is 0 Å². The molecule has 1 aromatic rings. The maximum Gasteiger partial charge on any atom is 0.342 e. The molecule has 1 aliphatic carbocycles. The standard InChI is InChI=1S/C15H21NO4/c1-10-13(8-9-19-10)15(18)20-11(2)14(17)16-12-6-4-3-5-7-12/h8-9,11-12H,3-7H2,1-2H3,(H,16,17)/t11-/m1/s1. The summed E-state index contributed by atoms with van der Waals surface area (Å²) in [4.78, 5) is 23.9. The molecular weight excluding hydrogens is 258 g/mol. The Morgan fingerprint density at radius 3 is 2.65 bits per heavy atom. The average Bonchev–Trinajstić information content (AvgIpc) is 2.86. The predicted molar refractivity (Wildman–Crippen MR) is 73.3 cm³/mol. The van der Waals surface area contributed by atoms with Crippen molar-refractivity contribution in [3.8, 4) is 0 Å². The van der Waals surface area contributed by atoms with Gasteiger partial charge < -0.3 is 14.5 Å². The third-order valence-electron chi connectivity index (χ3n) is 3.68. The number of aryl methyl sites for hydroxylation is 1. The molecule has 1 atom stereocenters. The van der Waals surface area contributed by atoms with E-state index >= 15 is 0 Å². The van der Waals surface area contributed by atoms with Crippen molar-refractivity contribution in [1.82, 2.24) is 5.32 Å². The fourth-order valence-electron chi connectivity index (χ4n) is 2.44. The lowest BCUT2D eigenvalue weighted by atomic mass is 9.95. The van der Waals surface area contributed by atoms with E-state index in [4.69, 9.17) is 9.15 Å². The summed E-state index contributed by atoms with van der Waals surface area (Å²) in [6.45, 7) is 3.27. The summed E-state index contributed by atoms with van der Waals surface area (Å²) in [5.41, 5.74) is 0.363. The molecule has 0 spiro atoms. The molecule has 0 radical (unpaired) electrons. The van der Waals surface area contributed by atoms with Crippen LogP contribution >= 0.6 is 0 Å². The van der Waals surface area contributed by atoms with Gasteiger partial charge in [0.1, 0.15) is 11.3 Å². The third-order valence-corrected chi connectivity index (χ3v) is 3.68. The molecule has 1 amide bonds. The molecule has 20 heavy (non-hydrogen) atoms. The smallest absolute Gasteiger partial charge is 0.342 e. The second kappa shape index (κ2) is 6.59. The summed E-state index contributed by atoms with van der Waals surface area (Å²) in [5, 5.41) is 2.94. The predicted octanol–water partition coefficient (Wildman–Crippen LogP) is 2.58. The number of ether oxygens (including phenoxy) is 1. The molecule has 5 nitrogen and oxygen atoms in total. The maximum absolute atomic E-state index is 12.0. The molecule has 1 aromatic heterocycles. The van der Waals surface area contributed by atoms with E-state index in [-0.39, 0.29) is 11.9 Å². The Morgan fingerprint density at radius 1 is 1.35 bits per heavy atom. The van der Waals surface area contributed by atoms with Gasteiger partial charge in [0.2, 0.25) is 0 Å². The van der Waals surface area contributed by atoms with E-state index in [0.29, 0.717) is 11.3 Å². The summed E-state index contributed by atoms with van der Waals surface area (Å²) < 4.78 is 10.2. The molecule has 0 unspecified atom stereocenters. The quantitative estimate of drug-likeness (QED) is 0.860. The lowest BCUT2D eigenvalue weighted by Crippen LogP contribution is -2.42. The number of furan rings is 1. The van der Waals surface area contributed by atoms with Crippen molar-refractivity contribution >= 4 is 11.9 Å². The highest BCUT2D eigenvalue weighted by Crippen LogP contribution is 2.18. The highest BCUT2D eigenvalue weighted by molar-refractivity contribution is 5.92. The van der Waals surface area contributed by atoms with Gasteiger partial charge >= 0.3 is 5.97 Å². The Kier molecular flexibility index (Phi) is 4.82. The summed E-state index contributed by atoms with van der Waals surface area (Å²) in [5.74, 6) is -0.260. The number of esters is 1. The molecule has 1 fully saturated rings. The van der Waals surface area contributed by atoms with E-state index in [2.05, 4.69) is 5.32 Å². The van der Waals surface area contributed by atoms with Crippen molar-refractivity contribution in [1.29, 1.82) is 0 Å². The van der Waals surface area contributed by atoms with Crippen molar-refractivity contribution in [2.45, 2.75) is 58.1 Å². The Labute approximate surface area is 118 Å². The van der Waals surface area contributed by atoms with E-state index in [9.17, 15) is 9.59 Å². The van der Waals surface area contributed by atoms with E-state index in [1.807, 2.05) is 0 Å². The number of hydrogen-bond donors (Lipinski definition) is 1. The van der Waals surface area contributed by atoms with Gasteiger partial charge in [-0.2, -0.15) is 0 Å². The summed E-state index contributed by atoms with van der Waals surface area (Å²) in [7, 11) is 0. The van der Waals surface area contributed by atoms with Gasteiger partial charge in [0.15, 0.2) is 6.10 Å². The number of carbonyl (C=O) groups excluding carboxylic acids is 2. The second-order valence-electron chi connectivity index (χ2n) is 5.28. The second-order valence-corrected chi connectivity index (χ2v) is 5.28. The molecule has 1 heterocycles. The third kappa shape index (κ3) is 3.62. The van der Waals surface area contributed by atoms with Gasteiger partial charge in [-0.15, -0.1) is 0 Å². The number of rotatable bonds is 4. The van der Waals surface area contributed by atoms with Gasteiger partial charge in [-0.25, -0.2) is 4.79 Å². The van der Waals surface area contributed by atoms with Gasteiger partial charge in [-0.05, 0) is 32.8 Å². The fraction of sp³-hybridized carbons (Fsp3) is 0.600. The van der Waals surface area contributed by atoms with Crippen molar-refractivity contribution in [3.05, 3.63) is 23.7 Å². The fourth-order valence-corrected chi connectivity index (χ4v) is 2.44. The Balaban J connectivity index is 1.84. The molecule has 0 saturated heterocycles. The first-order chi connectivity index (χ1) is 9.58. The van der Waals surface area contributed by atoms with E-state index in [1.165, 1.54) is 12.7 Å². The largest absolute Gasteiger partial charge is 0.469 e. The van der Waals surface area contributed by atoms with E-state index < -0.39 is 12.1 Å². The highest BCUT2D eigenvalue weighted by Gasteiger charge is 2.23. The maximum atomic E-state index is 12.0. The SMILES string of the molecule is Cc1occc1C(=O)O[C@H](C)C(=O)NC1CCCCC1. The molecule has 0 bridgehead atoms. The van der Waals surface area contributed by atoms with Crippen LogP contribution in [-0.2, 0) is 9.53 Å². The van der Waals surface area contributed by atoms with Crippen LogP contribution in [0.2, 0.25) is 0 Å². The zero-order valence-electron chi connectivity index (χ0n) is 12.0. The number of nitrogens with one attached hydrogen (secondary N) is 1. The summed E-state index contributed by atoms with van der Waals surface area (Å²) >= 11 is 0. The average molecular weight is 279 g/mol. The van der Waals surface area contributed by atoms with Crippen molar-refractivity contribution in [3.63, 3.8) is 0 Å². The molecule has 110 valence electrons. The molecule has 1 aliphatic rings. The number of amides is 1. The molecule has 0 aliphatic heterocycles. The van der Waals surface area contributed by atoms with Crippen LogP contribution < -0.4 is 5.32 Å². The van der Waals surface area contributed by atoms with Crippen molar-refractivity contribution < 1.29 is 18.7 Å². The molecule has 0 aromatic carbocycles. The zero-order chi connectivity index (χ0) is 14.5. The monoisotopic (exact) mass is 279 g/mol. The normalized spacial score (nSPS) is 17.5. The van der Waals surface area contributed by atoms with Gasteiger partial charge in [0.05, 0.1) is 6.26 Å². The van der Waals surface area contributed by atoms with Crippen LogP contribution in [0, 0.1) is 6.92 Å². The van der Waals surface area contributed by atoms with Crippen LogP contribution in [0.1, 0.15) is 55.1 Å². The van der Waals surface area contributed by atoms with Gasteiger partial charge in [-0.1, -0.05) is 19.3 Å². The number of carbonyl (C=O) groups is 2. The molecular formula is C15H21NO4. The van der Waals surface area contributed by atoms with Gasteiger partial charge in [0, 0.05) is 6.04 Å². The van der Waals surface area contributed by atoms with Gasteiger partial charge in [0.25, 0.3) is 5.91 Å². The van der Waals surface area contributed by atoms with Crippen LogP contribution in [0.5, 0.6) is 0 Å². The number of hydrogen-bond acceptors (Lipinski definition) is 4. The Morgan fingerprint density at radius 2 is 2.05 bits per heavy atom. The minimum Gasteiger partial charge on any atom is -0.469 e. The zero-order valence-corrected chi connectivity index (χ0v) is 12.0. The lowest BCUT2D eigenvalue weighted by Gasteiger charge is -2.24. The first-order valence-electron chi connectivity index (χ1n) is 7.13. The summed E-state index contributed by atoms with van der Waals surface area (Å²) in [6.07, 6.45) is 6.18. The first kappa shape index (κ1) is 14.6. The first-order valence-corrected chi connectivity index (χ1v) is 7.13. The molecule has 1 saturated carbocycles. The molecule has 5 heteroatoms. The van der Waals surface area contributed by atoms with E-state index in [0.717, 1.165) is 25.7 Å². The topological polar surface area (TPSA) is 68.5 Å². The minimum absolute atomic E-state index is 0.216.